The van der Waals surface area contributed by atoms with Crippen molar-refractivity contribution in [3.8, 4) is 0 Å². The van der Waals surface area contributed by atoms with Crippen LogP contribution in [0.3, 0.4) is 0 Å². The number of rotatable bonds is 5. The first-order valence-electron chi connectivity index (χ1n) is 7.29. The van der Waals surface area contributed by atoms with E-state index in [2.05, 4.69) is 33.4 Å². The van der Waals surface area contributed by atoms with E-state index in [1.807, 2.05) is 36.4 Å². The summed E-state index contributed by atoms with van der Waals surface area (Å²) >= 11 is 6.62. The zero-order valence-electron chi connectivity index (χ0n) is 12.7. The molecule has 7 heteroatoms. The van der Waals surface area contributed by atoms with E-state index >= 15 is 0 Å². The lowest BCUT2D eigenvalue weighted by molar-refractivity contribution is -0.130. The average Bonchev–Trinajstić information content (AvgIpc) is 2.96. The molecule has 1 N–H and O–H groups in total. The number of anilines is 1. The van der Waals surface area contributed by atoms with Gasteiger partial charge in [-0.15, -0.1) is 11.8 Å². The molecule has 1 saturated heterocycles. The van der Waals surface area contributed by atoms with Crippen molar-refractivity contribution >= 4 is 57.0 Å². The summed E-state index contributed by atoms with van der Waals surface area (Å²) in [5, 5.41) is 2.83. The van der Waals surface area contributed by atoms with Crippen LogP contribution in [0.2, 0.25) is 0 Å². The number of nitrogens with one attached hydrogen (secondary N) is 1. The van der Waals surface area contributed by atoms with E-state index in [0.717, 1.165) is 20.0 Å². The number of benzene rings is 2. The van der Waals surface area contributed by atoms with Gasteiger partial charge in [0.2, 0.25) is 11.8 Å². The number of amides is 2. The average molecular weight is 423 g/mol. The number of carbonyl (C=O) groups excluding carboxylic acids is 2. The van der Waals surface area contributed by atoms with E-state index < -0.39 is 0 Å². The van der Waals surface area contributed by atoms with Gasteiger partial charge >= 0.3 is 0 Å². The fourth-order valence-electron chi connectivity index (χ4n) is 2.16. The van der Waals surface area contributed by atoms with Gasteiger partial charge in [0.25, 0.3) is 0 Å². The van der Waals surface area contributed by atoms with Gasteiger partial charge in [-0.1, -0.05) is 27.7 Å². The van der Waals surface area contributed by atoms with Crippen molar-refractivity contribution in [3.63, 3.8) is 0 Å². The van der Waals surface area contributed by atoms with Crippen LogP contribution in [-0.2, 0) is 9.59 Å². The second kappa shape index (κ2) is 8.09. The molecule has 2 amide bonds. The smallest absolute Gasteiger partial charge is 0.244 e. The third kappa shape index (κ3) is 4.78. The monoisotopic (exact) mass is 422 g/mol. The van der Waals surface area contributed by atoms with Crippen LogP contribution in [-0.4, -0.2) is 34.9 Å². The van der Waals surface area contributed by atoms with Gasteiger partial charge in [0.15, 0.2) is 0 Å². The first-order valence-corrected chi connectivity index (χ1v) is 10.1. The van der Waals surface area contributed by atoms with Crippen LogP contribution >= 0.6 is 39.5 Å². The summed E-state index contributed by atoms with van der Waals surface area (Å²) < 4.78 is 1.06. The predicted molar refractivity (Wildman–Crippen MR) is 102 cm³/mol. The first-order chi connectivity index (χ1) is 11.6. The second-order valence-electron chi connectivity index (χ2n) is 5.20. The van der Waals surface area contributed by atoms with Gasteiger partial charge in [0.1, 0.15) is 6.54 Å². The molecule has 1 heterocycles. The third-order valence-electron chi connectivity index (χ3n) is 3.35. The molecule has 1 aliphatic rings. The van der Waals surface area contributed by atoms with Gasteiger partial charge in [-0.3, -0.25) is 9.59 Å². The number of thioether (sulfide) groups is 1. The number of halogens is 1. The Balaban J connectivity index is 1.55. The molecular weight excluding hydrogens is 408 g/mol. The molecule has 3 rings (SSSR count). The van der Waals surface area contributed by atoms with E-state index in [-0.39, 0.29) is 18.4 Å². The Morgan fingerprint density at radius 1 is 1.12 bits per heavy atom. The zero-order chi connectivity index (χ0) is 16.9. The summed E-state index contributed by atoms with van der Waals surface area (Å²) in [5.41, 5.74) is 0.736. The minimum absolute atomic E-state index is 0.0244. The minimum atomic E-state index is -0.167. The van der Waals surface area contributed by atoms with Gasteiger partial charge in [0.05, 0.1) is 11.6 Å². The summed E-state index contributed by atoms with van der Waals surface area (Å²) in [6, 6.07) is 15.8. The molecule has 4 nitrogen and oxygen atoms in total. The molecule has 2 aromatic carbocycles. The molecule has 24 heavy (non-hydrogen) atoms. The Labute approximate surface area is 157 Å². The van der Waals surface area contributed by atoms with Gasteiger partial charge < -0.3 is 10.2 Å². The Morgan fingerprint density at radius 3 is 2.33 bits per heavy atom. The van der Waals surface area contributed by atoms with Gasteiger partial charge in [-0.25, -0.2) is 0 Å². The Hall–Kier alpha value is -1.44. The van der Waals surface area contributed by atoms with Crippen molar-refractivity contribution < 1.29 is 9.59 Å². The van der Waals surface area contributed by atoms with Gasteiger partial charge in [-0.2, -0.15) is 0 Å². The summed E-state index contributed by atoms with van der Waals surface area (Å²) in [5.74, 6) is 0.917. The lowest BCUT2D eigenvalue weighted by Gasteiger charge is -2.14. The standard InChI is InChI=1S/C17H15BrN2O2S2/c18-12-1-5-14(6-2-12)24-15-7-3-13(4-8-15)19-16(21)9-20-11-23-10-17(20)22/h1-8H,9-11H2,(H,19,21). The van der Waals surface area contributed by atoms with Gasteiger partial charge in [-0.05, 0) is 48.5 Å². The number of hydrogen-bond acceptors (Lipinski definition) is 4. The van der Waals surface area contributed by atoms with Crippen molar-refractivity contribution in [2.45, 2.75) is 9.79 Å². The minimum Gasteiger partial charge on any atom is -0.325 e. The molecular formula is C17H15BrN2O2S2. The summed E-state index contributed by atoms with van der Waals surface area (Å²) in [4.78, 5) is 27.3. The number of hydrogen-bond donors (Lipinski definition) is 1. The third-order valence-corrected chi connectivity index (χ3v) is 5.84. The topological polar surface area (TPSA) is 49.4 Å². The van der Waals surface area contributed by atoms with Crippen molar-refractivity contribution in [1.82, 2.24) is 4.90 Å². The summed E-state index contributed by atoms with van der Waals surface area (Å²) in [6.45, 7) is 0.112. The molecule has 0 aliphatic carbocycles. The van der Waals surface area contributed by atoms with E-state index in [4.69, 9.17) is 0 Å². The summed E-state index contributed by atoms with van der Waals surface area (Å²) in [7, 11) is 0. The van der Waals surface area contributed by atoms with Crippen LogP contribution in [0.4, 0.5) is 5.69 Å². The lowest BCUT2D eigenvalue weighted by atomic mass is 10.3. The van der Waals surface area contributed by atoms with E-state index in [0.29, 0.717) is 11.6 Å². The lowest BCUT2D eigenvalue weighted by Crippen LogP contribution is -2.34. The number of carbonyl (C=O) groups is 2. The van der Waals surface area contributed by atoms with Crippen LogP contribution in [0.1, 0.15) is 0 Å². The second-order valence-corrected chi connectivity index (χ2v) is 8.22. The highest BCUT2D eigenvalue weighted by atomic mass is 79.9. The molecule has 2 aromatic rings. The maximum Gasteiger partial charge on any atom is 0.244 e. The maximum atomic E-state index is 12.0. The SMILES string of the molecule is O=C(CN1CSCC1=O)Nc1ccc(Sc2ccc(Br)cc2)cc1. The van der Waals surface area contributed by atoms with E-state index in [1.54, 1.807) is 16.7 Å². The molecule has 0 radical (unpaired) electrons. The molecule has 0 unspecified atom stereocenters. The molecule has 0 bridgehead atoms. The molecule has 0 saturated carbocycles. The molecule has 0 aromatic heterocycles. The van der Waals surface area contributed by atoms with Crippen LogP contribution in [0.25, 0.3) is 0 Å². The highest BCUT2D eigenvalue weighted by molar-refractivity contribution is 9.10. The number of nitrogens with zero attached hydrogens (tertiary/aromatic N) is 1. The van der Waals surface area contributed by atoms with Crippen LogP contribution in [0, 0.1) is 0 Å². The Bertz CT molecular complexity index is 735. The Morgan fingerprint density at radius 2 is 1.75 bits per heavy atom. The molecule has 124 valence electrons. The molecule has 1 aliphatic heterocycles. The van der Waals surface area contributed by atoms with Crippen LogP contribution in [0.5, 0.6) is 0 Å². The van der Waals surface area contributed by atoms with Crippen molar-refractivity contribution in [3.05, 3.63) is 53.0 Å². The molecule has 0 atom stereocenters. The van der Waals surface area contributed by atoms with Crippen molar-refractivity contribution in [1.29, 1.82) is 0 Å². The van der Waals surface area contributed by atoms with Crippen molar-refractivity contribution in [2.24, 2.45) is 0 Å². The quantitative estimate of drug-likeness (QED) is 0.788. The normalized spacial score (nSPS) is 14.0. The fourth-order valence-corrected chi connectivity index (χ4v) is 4.14. The zero-order valence-corrected chi connectivity index (χ0v) is 15.9. The Kier molecular flexibility index (Phi) is 5.86. The summed E-state index contributed by atoms with van der Waals surface area (Å²) in [6.07, 6.45) is 0. The van der Waals surface area contributed by atoms with E-state index in [9.17, 15) is 9.59 Å². The van der Waals surface area contributed by atoms with Crippen molar-refractivity contribution in [2.75, 3.05) is 23.5 Å². The van der Waals surface area contributed by atoms with Crippen LogP contribution in [0.15, 0.2) is 62.8 Å². The first kappa shape index (κ1) is 17.4. The van der Waals surface area contributed by atoms with E-state index in [1.165, 1.54) is 11.8 Å². The predicted octanol–water partition coefficient (Wildman–Crippen LogP) is 4.07. The highest BCUT2D eigenvalue weighted by Crippen LogP contribution is 2.29. The van der Waals surface area contributed by atoms with Crippen LogP contribution < -0.4 is 5.32 Å². The largest absolute Gasteiger partial charge is 0.325 e. The fraction of sp³-hybridized carbons (Fsp3) is 0.176. The van der Waals surface area contributed by atoms with Gasteiger partial charge in [0, 0.05) is 20.0 Å². The highest BCUT2D eigenvalue weighted by Gasteiger charge is 2.22. The molecule has 1 fully saturated rings. The molecule has 0 spiro atoms. The maximum absolute atomic E-state index is 12.0.